The molecule has 0 spiro atoms. The minimum absolute atomic E-state index is 0.0373. The summed E-state index contributed by atoms with van der Waals surface area (Å²) in [7, 11) is 0. The number of aliphatic carboxylic acids is 1. The lowest BCUT2D eigenvalue weighted by molar-refractivity contribution is -0.163. The first-order chi connectivity index (χ1) is 21.2. The first kappa shape index (κ1) is 34.8. The number of esters is 1. The van der Waals surface area contributed by atoms with Crippen molar-refractivity contribution in [3.63, 3.8) is 0 Å². The molecule has 10 nitrogen and oxygen atoms in total. The van der Waals surface area contributed by atoms with Gasteiger partial charge in [0.05, 0.1) is 19.8 Å². The zero-order chi connectivity index (χ0) is 32.0. The van der Waals surface area contributed by atoms with Crippen molar-refractivity contribution in [1.29, 1.82) is 0 Å². The Kier molecular flexibility index (Phi) is 13.9. The Bertz CT molecular complexity index is 1440. The van der Waals surface area contributed by atoms with E-state index < -0.39 is 23.5 Å². The van der Waals surface area contributed by atoms with Crippen molar-refractivity contribution in [2.75, 3.05) is 32.9 Å². The number of ether oxygens (including phenoxy) is 2. The molecule has 11 heteroatoms. The van der Waals surface area contributed by atoms with E-state index in [2.05, 4.69) is 17.2 Å². The van der Waals surface area contributed by atoms with Crippen molar-refractivity contribution in [2.45, 2.75) is 64.5 Å². The van der Waals surface area contributed by atoms with E-state index in [0.717, 1.165) is 18.2 Å². The smallest absolute Gasteiger partial charge is 0.347 e. The van der Waals surface area contributed by atoms with E-state index >= 15 is 0 Å². The van der Waals surface area contributed by atoms with Gasteiger partial charge in [0.1, 0.15) is 0 Å². The molecule has 0 bridgehead atoms. The van der Waals surface area contributed by atoms with Gasteiger partial charge in [0.25, 0.3) is 5.91 Å². The van der Waals surface area contributed by atoms with Gasteiger partial charge in [0.2, 0.25) is 5.56 Å². The number of benzene rings is 2. The summed E-state index contributed by atoms with van der Waals surface area (Å²) in [5, 5.41) is 12.5. The number of pyridine rings is 1. The SMILES string of the molecule is CCCCCCCC(=O)O.CCOC(=O)C(Cc1cc(=O)[nH]c2ccccc12)(NC(=O)c1ccc(Cl)cc1)N1CCOCC1. The van der Waals surface area contributed by atoms with Crippen LogP contribution in [0.15, 0.2) is 59.4 Å². The molecule has 3 aromatic rings. The second-order valence-electron chi connectivity index (χ2n) is 10.6. The van der Waals surface area contributed by atoms with E-state index in [1.807, 2.05) is 23.1 Å². The number of amides is 1. The number of nitrogens with one attached hydrogen (secondary N) is 2. The second-order valence-corrected chi connectivity index (χ2v) is 11.0. The van der Waals surface area contributed by atoms with Crippen LogP contribution in [-0.2, 0) is 25.5 Å². The van der Waals surface area contributed by atoms with Gasteiger partial charge in [-0.25, -0.2) is 4.79 Å². The van der Waals surface area contributed by atoms with Gasteiger partial charge in [-0.05, 0) is 49.2 Å². The van der Waals surface area contributed by atoms with Crippen LogP contribution >= 0.6 is 11.6 Å². The molecular weight excluding hydrogens is 586 g/mol. The van der Waals surface area contributed by atoms with E-state index in [1.54, 1.807) is 37.3 Å². The molecule has 2 heterocycles. The number of nitrogens with zero attached hydrogens (tertiary/aromatic N) is 1. The van der Waals surface area contributed by atoms with Crippen LogP contribution in [0.25, 0.3) is 10.9 Å². The average Bonchev–Trinajstić information content (AvgIpc) is 3.01. The van der Waals surface area contributed by atoms with E-state index in [4.69, 9.17) is 26.2 Å². The topological polar surface area (TPSA) is 138 Å². The molecule has 0 saturated carbocycles. The summed E-state index contributed by atoms with van der Waals surface area (Å²) < 4.78 is 11.0. The predicted molar refractivity (Wildman–Crippen MR) is 170 cm³/mol. The molecule has 0 aliphatic carbocycles. The maximum atomic E-state index is 13.6. The summed E-state index contributed by atoms with van der Waals surface area (Å²) in [6.45, 7) is 5.60. The molecule has 1 aliphatic heterocycles. The van der Waals surface area contributed by atoms with Crippen LogP contribution in [0.4, 0.5) is 0 Å². The summed E-state index contributed by atoms with van der Waals surface area (Å²) in [5.74, 6) is -1.72. The summed E-state index contributed by atoms with van der Waals surface area (Å²) in [5.41, 5.74) is -0.226. The number of carboxylic acid groups (broad SMARTS) is 1. The van der Waals surface area contributed by atoms with Crippen molar-refractivity contribution in [3.05, 3.63) is 81.1 Å². The number of fused-ring (bicyclic) bond motifs is 1. The third-order valence-electron chi connectivity index (χ3n) is 7.37. The highest BCUT2D eigenvalue weighted by Gasteiger charge is 2.48. The molecular formula is C33H42ClN3O7. The lowest BCUT2D eigenvalue weighted by Gasteiger charge is -2.44. The zero-order valence-electron chi connectivity index (χ0n) is 25.4. The highest BCUT2D eigenvalue weighted by atomic mass is 35.5. The number of para-hydroxylation sites is 1. The monoisotopic (exact) mass is 627 g/mol. The van der Waals surface area contributed by atoms with Crippen molar-refractivity contribution in [1.82, 2.24) is 15.2 Å². The van der Waals surface area contributed by atoms with Crippen LogP contribution < -0.4 is 10.9 Å². The molecule has 1 amide bonds. The Balaban J connectivity index is 0.000000456. The van der Waals surface area contributed by atoms with Crippen LogP contribution in [0, 0.1) is 0 Å². The molecule has 4 rings (SSSR count). The van der Waals surface area contributed by atoms with Gasteiger partial charge in [-0.2, -0.15) is 0 Å². The maximum absolute atomic E-state index is 13.6. The summed E-state index contributed by atoms with van der Waals surface area (Å²) in [4.78, 5) is 54.1. The Labute approximate surface area is 262 Å². The highest BCUT2D eigenvalue weighted by molar-refractivity contribution is 6.30. The van der Waals surface area contributed by atoms with Crippen LogP contribution in [0.1, 0.15) is 68.3 Å². The van der Waals surface area contributed by atoms with E-state index in [-0.39, 0.29) is 18.6 Å². The van der Waals surface area contributed by atoms with E-state index in [0.29, 0.717) is 54.4 Å². The number of aromatic nitrogens is 1. The third kappa shape index (κ3) is 9.90. The number of carbonyl (C=O) groups excluding carboxylic acids is 2. The Morgan fingerprint density at radius 3 is 2.36 bits per heavy atom. The van der Waals surface area contributed by atoms with Crippen LogP contribution in [-0.4, -0.2) is 71.4 Å². The fourth-order valence-corrected chi connectivity index (χ4v) is 5.25. The predicted octanol–water partition coefficient (Wildman–Crippen LogP) is 5.18. The Morgan fingerprint density at radius 2 is 1.70 bits per heavy atom. The molecule has 1 aromatic heterocycles. The standard InChI is InChI=1S/C25H26ClN3O5.C8H16O2/c1-2-34-24(32)25(29-11-13-33-14-12-29,28-23(31)17-7-9-19(26)10-8-17)16-18-15-22(30)27-21-6-4-3-5-20(18)21;1-2-3-4-5-6-7-8(9)10/h3-10,15H,2,11-14,16H2,1H3,(H,27,30)(H,28,31);2-7H2,1H3,(H,9,10). The average molecular weight is 628 g/mol. The molecule has 3 N–H and O–H groups in total. The number of aromatic amines is 1. The minimum Gasteiger partial charge on any atom is -0.481 e. The molecule has 238 valence electrons. The number of morpholine rings is 1. The number of carboxylic acids is 1. The molecule has 1 unspecified atom stereocenters. The highest BCUT2D eigenvalue weighted by Crippen LogP contribution is 2.26. The fourth-order valence-electron chi connectivity index (χ4n) is 5.12. The van der Waals surface area contributed by atoms with E-state index in [9.17, 15) is 19.2 Å². The van der Waals surface area contributed by atoms with Crippen molar-refractivity contribution < 1.29 is 29.0 Å². The number of hydrogen-bond acceptors (Lipinski definition) is 7. The van der Waals surface area contributed by atoms with Crippen molar-refractivity contribution in [3.8, 4) is 0 Å². The van der Waals surface area contributed by atoms with E-state index in [1.165, 1.54) is 25.3 Å². The van der Waals surface area contributed by atoms with Crippen LogP contribution in [0.2, 0.25) is 5.02 Å². The molecule has 0 radical (unpaired) electrons. The Morgan fingerprint density at radius 1 is 1.02 bits per heavy atom. The van der Waals surface area contributed by atoms with Gasteiger partial charge in [0, 0.05) is 53.5 Å². The summed E-state index contributed by atoms with van der Waals surface area (Å²) in [6, 6.07) is 15.2. The van der Waals surface area contributed by atoms with Crippen molar-refractivity contribution >= 4 is 40.3 Å². The number of hydrogen-bond donors (Lipinski definition) is 3. The fraction of sp³-hybridized carbons (Fsp3) is 0.455. The zero-order valence-corrected chi connectivity index (χ0v) is 26.2. The summed E-state index contributed by atoms with van der Waals surface area (Å²) >= 11 is 5.98. The maximum Gasteiger partial charge on any atom is 0.347 e. The normalized spacial score (nSPS) is 14.6. The van der Waals surface area contributed by atoms with Crippen molar-refractivity contribution in [2.24, 2.45) is 0 Å². The number of unbranched alkanes of at least 4 members (excludes halogenated alkanes) is 4. The van der Waals surface area contributed by atoms with Gasteiger partial charge in [0.15, 0.2) is 5.66 Å². The first-order valence-corrected chi connectivity index (χ1v) is 15.5. The van der Waals surface area contributed by atoms with Crippen LogP contribution in [0.3, 0.4) is 0 Å². The van der Waals surface area contributed by atoms with Gasteiger partial charge in [-0.15, -0.1) is 0 Å². The quantitative estimate of drug-likeness (QED) is 0.174. The second kappa shape index (κ2) is 17.5. The number of rotatable bonds is 13. The van der Waals surface area contributed by atoms with Crippen LogP contribution in [0.5, 0.6) is 0 Å². The molecule has 1 saturated heterocycles. The number of halogens is 1. The van der Waals surface area contributed by atoms with Gasteiger partial charge in [-0.1, -0.05) is 62.4 Å². The van der Waals surface area contributed by atoms with Gasteiger partial charge < -0.3 is 24.9 Å². The number of carbonyl (C=O) groups is 3. The third-order valence-corrected chi connectivity index (χ3v) is 7.62. The molecule has 1 atom stereocenters. The molecule has 2 aromatic carbocycles. The van der Waals surface area contributed by atoms with Gasteiger partial charge in [-0.3, -0.25) is 19.3 Å². The molecule has 1 fully saturated rings. The number of H-pyrrole nitrogens is 1. The molecule has 44 heavy (non-hydrogen) atoms. The largest absolute Gasteiger partial charge is 0.481 e. The Hall–Kier alpha value is -3.73. The summed E-state index contributed by atoms with van der Waals surface area (Å²) in [6.07, 6.45) is 5.92. The molecule has 1 aliphatic rings. The first-order valence-electron chi connectivity index (χ1n) is 15.1. The lowest BCUT2D eigenvalue weighted by atomic mass is 9.93. The van der Waals surface area contributed by atoms with Gasteiger partial charge >= 0.3 is 11.9 Å². The lowest BCUT2D eigenvalue weighted by Crippen LogP contribution is -2.69. The minimum atomic E-state index is -1.55.